The second-order valence-corrected chi connectivity index (χ2v) is 6.14. The fraction of sp³-hybridized carbons (Fsp3) is 0.533. The van der Waals surface area contributed by atoms with E-state index in [4.69, 9.17) is 9.31 Å². The molecule has 3 nitrogen and oxygen atoms in total. The minimum absolute atomic E-state index is 0.00684. The van der Waals surface area contributed by atoms with E-state index in [1.165, 1.54) is 19.0 Å². The number of carbonyl (C=O) groups excluding carboxylic acids is 1. The molecule has 0 aromatic carbocycles. The van der Waals surface area contributed by atoms with E-state index < -0.39 is 30.1 Å². The van der Waals surface area contributed by atoms with Gasteiger partial charge in [0, 0.05) is 0 Å². The summed E-state index contributed by atoms with van der Waals surface area (Å²) >= 11 is 0. The first-order chi connectivity index (χ1) is 9.89. The van der Waals surface area contributed by atoms with Crippen molar-refractivity contribution in [1.82, 2.24) is 0 Å². The van der Waals surface area contributed by atoms with Crippen LogP contribution in [0.2, 0.25) is 0 Å². The van der Waals surface area contributed by atoms with Gasteiger partial charge in [-0.15, -0.1) is 0 Å². The molecule has 0 aromatic heterocycles. The van der Waals surface area contributed by atoms with Gasteiger partial charge < -0.3 is 9.31 Å². The summed E-state index contributed by atoms with van der Waals surface area (Å²) in [4.78, 5) is 10.5. The predicted octanol–water partition coefficient (Wildman–Crippen LogP) is 3.81. The molecule has 0 radical (unpaired) electrons. The number of alkyl halides is 3. The SMILES string of the molecule is C\C(C=O)=C/C(=C\C=C\B1OC(C)(C)C(C)(C)O1)C(F)(F)F. The van der Waals surface area contributed by atoms with E-state index >= 15 is 0 Å². The lowest BCUT2D eigenvalue weighted by atomic mass is 9.90. The summed E-state index contributed by atoms with van der Waals surface area (Å²) in [5, 5.41) is 0. The van der Waals surface area contributed by atoms with E-state index in [0.717, 1.165) is 12.2 Å². The first kappa shape index (κ1) is 18.7. The molecule has 1 aliphatic rings. The van der Waals surface area contributed by atoms with Crippen molar-refractivity contribution in [2.45, 2.75) is 52.0 Å². The highest BCUT2D eigenvalue weighted by molar-refractivity contribution is 6.51. The zero-order valence-corrected chi connectivity index (χ0v) is 13.3. The number of hydrogen-bond donors (Lipinski definition) is 0. The van der Waals surface area contributed by atoms with Crippen LogP contribution in [0.1, 0.15) is 34.6 Å². The van der Waals surface area contributed by atoms with Gasteiger partial charge in [-0.3, -0.25) is 4.79 Å². The van der Waals surface area contributed by atoms with Gasteiger partial charge in [0.15, 0.2) is 0 Å². The maximum atomic E-state index is 12.8. The minimum atomic E-state index is -4.54. The summed E-state index contributed by atoms with van der Waals surface area (Å²) in [7, 11) is -0.716. The number of carbonyl (C=O) groups is 1. The standard InChI is InChI=1S/C15H20BF3O3/c1-11(10-20)9-12(15(17,18)19)7-6-8-16-21-13(2,3)14(4,5)22-16/h6-10H,1-5H3/b8-6+,11-9+,12-7+. The Balaban J connectivity index is 2.91. The van der Waals surface area contributed by atoms with Crippen molar-refractivity contribution in [1.29, 1.82) is 0 Å². The number of halogens is 3. The summed E-state index contributed by atoms with van der Waals surface area (Å²) in [5.41, 5.74) is -2.02. The van der Waals surface area contributed by atoms with Crippen LogP contribution in [0.5, 0.6) is 0 Å². The molecule has 0 amide bonds. The molecule has 0 unspecified atom stereocenters. The van der Waals surface area contributed by atoms with E-state index in [2.05, 4.69) is 0 Å². The molecule has 122 valence electrons. The van der Waals surface area contributed by atoms with Crippen LogP contribution in [0.25, 0.3) is 0 Å². The Kier molecular flexibility index (Phi) is 5.46. The second kappa shape index (κ2) is 6.42. The molecule has 1 saturated heterocycles. The van der Waals surface area contributed by atoms with Crippen molar-refractivity contribution in [3.05, 3.63) is 35.3 Å². The topological polar surface area (TPSA) is 35.5 Å². The van der Waals surface area contributed by atoms with E-state index in [1.54, 1.807) is 0 Å². The Morgan fingerprint density at radius 3 is 2.00 bits per heavy atom. The first-order valence-corrected chi connectivity index (χ1v) is 6.84. The highest BCUT2D eigenvalue weighted by atomic mass is 19.4. The normalized spacial score (nSPS) is 22.5. The Morgan fingerprint density at radius 2 is 1.59 bits per heavy atom. The molecule has 0 atom stereocenters. The van der Waals surface area contributed by atoms with Crippen LogP contribution in [0.15, 0.2) is 35.3 Å². The minimum Gasteiger partial charge on any atom is -0.400 e. The molecular weight excluding hydrogens is 296 g/mol. The third-order valence-electron chi connectivity index (χ3n) is 3.71. The fourth-order valence-corrected chi connectivity index (χ4v) is 1.72. The molecule has 0 aromatic rings. The number of aldehydes is 1. The molecule has 1 fully saturated rings. The summed E-state index contributed by atoms with van der Waals surface area (Å²) in [6.45, 7) is 8.73. The van der Waals surface area contributed by atoms with Gasteiger partial charge in [0.05, 0.1) is 16.8 Å². The Bertz CT molecular complexity index is 501. The molecule has 0 spiro atoms. The summed E-state index contributed by atoms with van der Waals surface area (Å²) in [6.07, 6.45) is -1.26. The van der Waals surface area contributed by atoms with Crippen molar-refractivity contribution in [3.8, 4) is 0 Å². The average Bonchev–Trinajstić information content (AvgIpc) is 2.54. The summed E-state index contributed by atoms with van der Waals surface area (Å²) in [5.74, 6) is 1.41. The molecule has 1 aliphatic heterocycles. The van der Waals surface area contributed by atoms with Crippen LogP contribution < -0.4 is 0 Å². The van der Waals surface area contributed by atoms with Gasteiger partial charge >= 0.3 is 13.3 Å². The maximum Gasteiger partial charge on any atom is 0.487 e. The largest absolute Gasteiger partial charge is 0.487 e. The molecule has 0 bridgehead atoms. The van der Waals surface area contributed by atoms with Crippen LogP contribution in [-0.4, -0.2) is 30.8 Å². The monoisotopic (exact) mass is 316 g/mol. The number of hydrogen-bond acceptors (Lipinski definition) is 3. The zero-order chi connectivity index (χ0) is 17.2. The van der Waals surface area contributed by atoms with Crippen molar-refractivity contribution < 1.29 is 27.3 Å². The smallest absolute Gasteiger partial charge is 0.400 e. The van der Waals surface area contributed by atoms with E-state index in [0.29, 0.717) is 6.29 Å². The lowest BCUT2D eigenvalue weighted by Crippen LogP contribution is -2.41. The lowest BCUT2D eigenvalue weighted by Gasteiger charge is -2.32. The van der Waals surface area contributed by atoms with Crippen LogP contribution >= 0.6 is 0 Å². The van der Waals surface area contributed by atoms with Crippen LogP contribution in [-0.2, 0) is 14.1 Å². The van der Waals surface area contributed by atoms with E-state index in [-0.39, 0.29) is 5.57 Å². The molecule has 0 aliphatic carbocycles. The molecule has 0 N–H and O–H groups in total. The van der Waals surface area contributed by atoms with Gasteiger partial charge in [-0.2, -0.15) is 13.2 Å². The highest BCUT2D eigenvalue weighted by Crippen LogP contribution is 2.37. The van der Waals surface area contributed by atoms with Gasteiger partial charge in [0.1, 0.15) is 6.29 Å². The van der Waals surface area contributed by atoms with Gasteiger partial charge in [0.2, 0.25) is 0 Å². The first-order valence-electron chi connectivity index (χ1n) is 6.84. The maximum absolute atomic E-state index is 12.8. The van der Waals surface area contributed by atoms with Crippen LogP contribution in [0, 0.1) is 0 Å². The number of allylic oxidation sites excluding steroid dienone is 5. The third kappa shape index (κ3) is 4.58. The molecular formula is C15H20BF3O3. The van der Waals surface area contributed by atoms with Crippen LogP contribution in [0.4, 0.5) is 13.2 Å². The Hall–Kier alpha value is -1.34. The quantitative estimate of drug-likeness (QED) is 0.342. The third-order valence-corrected chi connectivity index (χ3v) is 3.71. The van der Waals surface area contributed by atoms with Gasteiger partial charge in [0.25, 0.3) is 0 Å². The van der Waals surface area contributed by atoms with Crippen molar-refractivity contribution in [3.63, 3.8) is 0 Å². The molecule has 1 heterocycles. The predicted molar refractivity (Wildman–Crippen MR) is 79.2 cm³/mol. The van der Waals surface area contributed by atoms with Crippen molar-refractivity contribution >= 4 is 13.4 Å². The fourth-order valence-electron chi connectivity index (χ4n) is 1.72. The van der Waals surface area contributed by atoms with Gasteiger partial charge in [-0.25, -0.2) is 0 Å². The highest BCUT2D eigenvalue weighted by Gasteiger charge is 2.49. The van der Waals surface area contributed by atoms with Crippen molar-refractivity contribution in [2.75, 3.05) is 0 Å². The summed E-state index contributed by atoms with van der Waals surface area (Å²) < 4.78 is 49.8. The van der Waals surface area contributed by atoms with E-state index in [1.807, 2.05) is 27.7 Å². The lowest BCUT2D eigenvalue weighted by molar-refractivity contribution is -0.104. The second-order valence-electron chi connectivity index (χ2n) is 6.14. The van der Waals surface area contributed by atoms with Crippen LogP contribution in [0.3, 0.4) is 0 Å². The molecule has 22 heavy (non-hydrogen) atoms. The Morgan fingerprint density at radius 1 is 1.09 bits per heavy atom. The number of rotatable bonds is 4. The Labute approximate surface area is 129 Å². The van der Waals surface area contributed by atoms with E-state index in [9.17, 15) is 18.0 Å². The van der Waals surface area contributed by atoms with Gasteiger partial charge in [-0.1, -0.05) is 18.1 Å². The molecule has 7 heteroatoms. The van der Waals surface area contributed by atoms with Crippen molar-refractivity contribution in [2.24, 2.45) is 0 Å². The average molecular weight is 316 g/mol. The summed E-state index contributed by atoms with van der Waals surface area (Å²) in [6, 6.07) is 0. The molecule has 1 rings (SSSR count). The van der Waals surface area contributed by atoms with Gasteiger partial charge in [-0.05, 0) is 46.3 Å². The zero-order valence-electron chi connectivity index (χ0n) is 13.3. The molecule has 0 saturated carbocycles.